The molecule has 0 fully saturated rings. The Kier molecular flexibility index (Phi) is 19.6. The molecule has 0 saturated carbocycles. The molecule has 1 aromatic heterocycles. The second-order valence-electron chi connectivity index (χ2n) is 9.08. The number of allylic oxidation sites excluding steroid dienone is 8. The average molecular weight is 665 g/mol. The van der Waals surface area contributed by atoms with Crippen LogP contribution in [0.25, 0.3) is 0 Å². The standard InChI is InChI=1S/C31H36BrN5O.2C2H6.CH2O/c1-4-6-9-24(8-5-2)34-22-26-16-17-28(20-21-33-26)38-27-10-7-11-30-29(19-18-27)36-31(37(30)3)35-25-14-12-23(32)13-15-25;3*1-2/h6-10,12-16,18,20-21,34H,4-5,11,17,19,22H2,1-3H3,(H,35,36);2*1-2H3;1H2/b9-6-,10-7?,24-8+,27-18+;;;. The molecule has 4 rings (SSSR count). The summed E-state index contributed by atoms with van der Waals surface area (Å²) in [6, 6.07) is 8.10. The fourth-order valence-electron chi connectivity index (χ4n) is 4.17. The molecule has 0 unspecified atom stereocenters. The van der Waals surface area contributed by atoms with Gasteiger partial charge < -0.3 is 24.7 Å². The van der Waals surface area contributed by atoms with Crippen molar-refractivity contribution in [2.75, 3.05) is 11.9 Å². The molecule has 2 aliphatic rings. The number of hydrogen-bond acceptors (Lipinski definition) is 6. The molecule has 7 nitrogen and oxygen atoms in total. The van der Waals surface area contributed by atoms with Crippen LogP contribution >= 0.6 is 15.9 Å². The van der Waals surface area contributed by atoms with E-state index in [9.17, 15) is 0 Å². The van der Waals surface area contributed by atoms with E-state index in [1.165, 1.54) is 5.69 Å². The molecule has 1 aliphatic carbocycles. The number of ether oxygens (including phenoxy) is 1. The van der Waals surface area contributed by atoms with E-state index in [0.29, 0.717) is 19.4 Å². The summed E-state index contributed by atoms with van der Waals surface area (Å²) in [5.74, 6) is 2.53. The van der Waals surface area contributed by atoms with E-state index in [1.807, 2.05) is 71.0 Å². The maximum absolute atomic E-state index is 8.00. The molecule has 1 aliphatic heterocycles. The van der Waals surface area contributed by atoms with Gasteiger partial charge in [-0.3, -0.25) is 4.99 Å². The van der Waals surface area contributed by atoms with E-state index >= 15 is 0 Å². The summed E-state index contributed by atoms with van der Waals surface area (Å²) in [5.41, 5.74) is 5.38. The van der Waals surface area contributed by atoms with Crippen LogP contribution in [0.2, 0.25) is 0 Å². The van der Waals surface area contributed by atoms with Crippen molar-refractivity contribution in [2.45, 2.75) is 73.6 Å². The maximum Gasteiger partial charge on any atom is 0.207 e. The molecule has 238 valence electrons. The van der Waals surface area contributed by atoms with Crippen LogP contribution in [0.4, 0.5) is 11.6 Å². The third-order valence-electron chi connectivity index (χ3n) is 6.21. The number of aromatic nitrogens is 2. The molecule has 2 N–H and O–H groups in total. The van der Waals surface area contributed by atoms with E-state index in [2.05, 4.69) is 99.6 Å². The van der Waals surface area contributed by atoms with Crippen molar-refractivity contribution in [2.24, 2.45) is 12.0 Å². The summed E-state index contributed by atoms with van der Waals surface area (Å²) in [6.45, 7) is 15.0. The Labute approximate surface area is 273 Å². The lowest BCUT2D eigenvalue weighted by Gasteiger charge is -2.11. The Morgan fingerprint density at radius 2 is 1.77 bits per heavy atom. The van der Waals surface area contributed by atoms with Crippen molar-refractivity contribution in [3.05, 3.63) is 112 Å². The van der Waals surface area contributed by atoms with E-state index < -0.39 is 0 Å². The molecule has 0 saturated heterocycles. The summed E-state index contributed by atoms with van der Waals surface area (Å²) >= 11 is 3.49. The van der Waals surface area contributed by atoms with Crippen LogP contribution in [0.15, 0.2) is 105 Å². The van der Waals surface area contributed by atoms with Gasteiger partial charge in [0.1, 0.15) is 18.3 Å². The molecule has 44 heavy (non-hydrogen) atoms. The van der Waals surface area contributed by atoms with E-state index in [-0.39, 0.29) is 0 Å². The molecule has 2 aromatic rings. The van der Waals surface area contributed by atoms with Crippen molar-refractivity contribution < 1.29 is 9.53 Å². The number of imidazole rings is 1. The number of hydrogen-bond donors (Lipinski definition) is 2. The Morgan fingerprint density at radius 3 is 2.45 bits per heavy atom. The highest BCUT2D eigenvalue weighted by molar-refractivity contribution is 9.10. The zero-order chi connectivity index (χ0) is 32.7. The number of rotatable bonds is 10. The van der Waals surface area contributed by atoms with Gasteiger partial charge in [0, 0.05) is 54.1 Å². The molecular weight excluding hydrogens is 614 g/mol. The topological polar surface area (TPSA) is 80.5 Å². The van der Waals surface area contributed by atoms with Gasteiger partial charge in [-0.2, -0.15) is 0 Å². The molecule has 8 heteroatoms. The largest absolute Gasteiger partial charge is 0.462 e. The zero-order valence-electron chi connectivity index (χ0n) is 27.5. The molecule has 2 heterocycles. The third kappa shape index (κ3) is 12.8. The molecule has 0 bridgehead atoms. The number of fused-ring (bicyclic) bond motifs is 1. The summed E-state index contributed by atoms with van der Waals surface area (Å²) < 4.78 is 9.45. The first-order chi connectivity index (χ1) is 21.6. The third-order valence-corrected chi connectivity index (χ3v) is 6.73. The number of carbonyl (C=O) groups excluding carboxylic acids is 1. The highest BCUT2D eigenvalue weighted by Gasteiger charge is 2.15. The fourth-order valence-corrected chi connectivity index (χ4v) is 4.43. The number of carbonyl (C=O) groups is 1. The Balaban J connectivity index is 0.00000152. The Bertz CT molecular complexity index is 1350. The lowest BCUT2D eigenvalue weighted by molar-refractivity contribution is -0.0980. The normalized spacial score (nSPS) is 15.1. The van der Waals surface area contributed by atoms with Gasteiger partial charge in [-0.05, 0) is 61.4 Å². The highest BCUT2D eigenvalue weighted by Crippen LogP contribution is 2.25. The van der Waals surface area contributed by atoms with Crippen LogP contribution in [-0.2, 0) is 29.4 Å². The minimum Gasteiger partial charge on any atom is -0.462 e. The number of anilines is 2. The van der Waals surface area contributed by atoms with Crippen LogP contribution in [-0.4, -0.2) is 29.1 Å². The SMILES string of the molecule is C=O.CC.CC.CC/C=C\C(=C/CC)NCC1=CCC(O/C2=C/Cc3nc(Nc4ccc(Br)cc4)n(C)c3CC=C2)=CC=N1. The maximum atomic E-state index is 8.00. The number of aliphatic imine (C=N–C) groups is 1. The minimum atomic E-state index is 0.680. The molecule has 0 amide bonds. The molecular formula is C36H50BrN5O2. The summed E-state index contributed by atoms with van der Waals surface area (Å²) in [6.07, 6.45) is 22.9. The quantitative estimate of drug-likeness (QED) is 0.248. The number of nitrogens with one attached hydrogen (secondary N) is 2. The van der Waals surface area contributed by atoms with Gasteiger partial charge in [0.2, 0.25) is 5.95 Å². The van der Waals surface area contributed by atoms with Gasteiger partial charge in [0.25, 0.3) is 0 Å². The van der Waals surface area contributed by atoms with Gasteiger partial charge in [0.15, 0.2) is 0 Å². The summed E-state index contributed by atoms with van der Waals surface area (Å²) in [4.78, 5) is 17.5. The van der Waals surface area contributed by atoms with Gasteiger partial charge in [-0.1, -0.05) is 81.8 Å². The highest BCUT2D eigenvalue weighted by atomic mass is 79.9. The fraction of sp³-hybridized carbons (Fsp3) is 0.361. The van der Waals surface area contributed by atoms with E-state index in [1.54, 1.807) is 0 Å². The van der Waals surface area contributed by atoms with Crippen molar-refractivity contribution in [1.82, 2.24) is 14.9 Å². The first kappa shape index (κ1) is 38.1. The smallest absolute Gasteiger partial charge is 0.207 e. The zero-order valence-corrected chi connectivity index (χ0v) is 29.1. The Hall–Kier alpha value is -3.91. The minimum absolute atomic E-state index is 0.680. The number of nitrogens with zero attached hydrogens (tertiary/aromatic N) is 3. The summed E-state index contributed by atoms with van der Waals surface area (Å²) in [7, 11) is 2.05. The van der Waals surface area contributed by atoms with Crippen molar-refractivity contribution in [1.29, 1.82) is 0 Å². The van der Waals surface area contributed by atoms with Crippen LogP contribution in [0.1, 0.15) is 72.2 Å². The van der Waals surface area contributed by atoms with Gasteiger partial charge in [0.05, 0.1) is 17.9 Å². The summed E-state index contributed by atoms with van der Waals surface area (Å²) in [5, 5.41) is 6.92. The van der Waals surface area contributed by atoms with Crippen molar-refractivity contribution in [3.63, 3.8) is 0 Å². The lowest BCUT2D eigenvalue weighted by Crippen LogP contribution is -2.15. The van der Waals surface area contributed by atoms with E-state index in [0.717, 1.165) is 64.0 Å². The lowest BCUT2D eigenvalue weighted by atomic mass is 10.1. The average Bonchev–Trinajstić information content (AvgIpc) is 3.19. The van der Waals surface area contributed by atoms with Gasteiger partial charge in [-0.15, -0.1) is 0 Å². The molecule has 1 aromatic carbocycles. The van der Waals surface area contributed by atoms with Gasteiger partial charge >= 0.3 is 0 Å². The monoisotopic (exact) mass is 663 g/mol. The first-order valence-corrected chi connectivity index (χ1v) is 16.3. The molecule has 0 radical (unpaired) electrons. The van der Waals surface area contributed by atoms with Crippen LogP contribution in [0.5, 0.6) is 0 Å². The second-order valence-corrected chi connectivity index (χ2v) is 10.00. The number of benzene rings is 1. The van der Waals surface area contributed by atoms with E-state index in [4.69, 9.17) is 14.5 Å². The predicted molar refractivity (Wildman–Crippen MR) is 191 cm³/mol. The van der Waals surface area contributed by atoms with Gasteiger partial charge in [-0.25, -0.2) is 4.98 Å². The second kappa shape index (κ2) is 22.6. The van der Waals surface area contributed by atoms with Crippen molar-refractivity contribution in [3.8, 4) is 0 Å². The first-order valence-electron chi connectivity index (χ1n) is 15.5. The van der Waals surface area contributed by atoms with Crippen LogP contribution in [0, 0.1) is 0 Å². The Morgan fingerprint density at radius 1 is 1.05 bits per heavy atom. The van der Waals surface area contributed by atoms with Crippen LogP contribution in [0.3, 0.4) is 0 Å². The molecule has 0 spiro atoms. The number of halogens is 1. The van der Waals surface area contributed by atoms with Crippen LogP contribution < -0.4 is 10.6 Å². The van der Waals surface area contributed by atoms with Crippen molar-refractivity contribution >= 4 is 40.6 Å². The molecule has 0 atom stereocenters. The predicted octanol–water partition coefficient (Wildman–Crippen LogP) is 9.44.